The van der Waals surface area contributed by atoms with Crippen molar-refractivity contribution in [3.8, 4) is 0 Å². The predicted octanol–water partition coefficient (Wildman–Crippen LogP) is 23.5. The number of aliphatic hydroxyl groups excluding tert-OH is 8. The van der Waals surface area contributed by atoms with Crippen LogP contribution in [0.2, 0.25) is 0 Å². The van der Waals surface area contributed by atoms with Crippen LogP contribution in [0.3, 0.4) is 0 Å². The van der Waals surface area contributed by atoms with Crippen LogP contribution < -0.4 is 0 Å². The van der Waals surface area contributed by atoms with Crippen LogP contribution in [-0.2, 0) is 0 Å². The van der Waals surface area contributed by atoms with Crippen molar-refractivity contribution in [2.75, 3.05) is 0 Å². The van der Waals surface area contributed by atoms with Crippen molar-refractivity contribution >= 4 is 0 Å². The maximum absolute atomic E-state index is 9.77. The van der Waals surface area contributed by atoms with Gasteiger partial charge in [-0.15, -0.1) is 0 Å². The quantitative estimate of drug-likeness (QED) is 0.0531. The Morgan fingerprint density at radius 2 is 0.792 bits per heavy atom. The number of unbranched alkanes of at least 4 members (excludes halogenated alkanes) is 6. The predicted molar refractivity (Wildman–Crippen MR) is 416 cm³/mol. The first-order valence-corrected chi connectivity index (χ1v) is 43.2. The van der Waals surface area contributed by atoms with Crippen molar-refractivity contribution < 1.29 is 40.9 Å². The molecule has 0 spiro atoms. The third-order valence-electron chi connectivity index (χ3n) is 26.4. The number of rotatable bonds is 22. The highest BCUT2D eigenvalue weighted by molar-refractivity contribution is 4.85. The molecule has 8 heteroatoms. The van der Waals surface area contributed by atoms with Gasteiger partial charge in [-0.3, -0.25) is 0 Å². The molecule has 26 atom stereocenters. The first-order valence-electron chi connectivity index (χ1n) is 43.2. The molecule has 0 aliphatic heterocycles. The van der Waals surface area contributed by atoms with Crippen LogP contribution in [0, 0.1) is 107 Å². The summed E-state index contributed by atoms with van der Waals surface area (Å²) >= 11 is 0. The van der Waals surface area contributed by atoms with E-state index < -0.39 is 0 Å². The maximum Gasteiger partial charge on any atom is 0.0570 e. The lowest BCUT2D eigenvalue weighted by atomic mass is 9.72. The first kappa shape index (κ1) is 93.7. The monoisotopic (exact) mass is 1360 g/mol. The smallest absolute Gasteiger partial charge is 0.0570 e. The van der Waals surface area contributed by atoms with Crippen LogP contribution in [-0.4, -0.2) is 89.7 Å². The summed E-state index contributed by atoms with van der Waals surface area (Å²) in [6.45, 7) is 40.7. The fourth-order valence-electron chi connectivity index (χ4n) is 18.6. The molecule has 0 radical (unpaired) electrons. The van der Waals surface area contributed by atoms with Crippen molar-refractivity contribution in [2.45, 2.75) is 456 Å². The molecule has 8 rings (SSSR count). The minimum atomic E-state index is -0.0299. The van der Waals surface area contributed by atoms with Gasteiger partial charge in [0.1, 0.15) is 0 Å². The van der Waals surface area contributed by atoms with Crippen molar-refractivity contribution in [3.05, 3.63) is 0 Å². The van der Waals surface area contributed by atoms with Crippen molar-refractivity contribution in [1.29, 1.82) is 0 Å². The van der Waals surface area contributed by atoms with E-state index in [0.29, 0.717) is 29.6 Å². The number of hydrogen-bond acceptors (Lipinski definition) is 8. The zero-order valence-corrected chi connectivity index (χ0v) is 67.7. The molecule has 0 aromatic rings. The minimum Gasteiger partial charge on any atom is -0.393 e. The molecule has 8 nitrogen and oxygen atoms in total. The fraction of sp³-hybridized carbons (Fsp3) is 1.00. The van der Waals surface area contributed by atoms with Gasteiger partial charge in [0.05, 0.1) is 48.8 Å². The van der Waals surface area contributed by atoms with Gasteiger partial charge in [0.15, 0.2) is 0 Å². The third-order valence-corrected chi connectivity index (χ3v) is 26.4. The van der Waals surface area contributed by atoms with Gasteiger partial charge in [-0.05, 0) is 254 Å². The zero-order chi connectivity index (χ0) is 72.1. The topological polar surface area (TPSA) is 162 Å². The Labute approximate surface area is 600 Å². The van der Waals surface area contributed by atoms with Crippen LogP contribution >= 0.6 is 0 Å². The first-order chi connectivity index (χ1) is 45.7. The molecule has 0 aromatic carbocycles. The Morgan fingerprint density at radius 3 is 1.35 bits per heavy atom. The molecule has 8 saturated carbocycles. The summed E-state index contributed by atoms with van der Waals surface area (Å²) < 4.78 is 0. The molecule has 0 amide bonds. The maximum atomic E-state index is 9.77. The molecule has 8 N–H and O–H groups in total. The van der Waals surface area contributed by atoms with Gasteiger partial charge < -0.3 is 40.9 Å². The molecule has 26 unspecified atom stereocenters. The molecule has 8 fully saturated rings. The van der Waals surface area contributed by atoms with Gasteiger partial charge in [0, 0.05) is 0 Å². The lowest BCUT2D eigenvalue weighted by Gasteiger charge is -2.36. The van der Waals surface area contributed by atoms with E-state index in [2.05, 4.69) is 125 Å². The standard InChI is InChI=1S/8C11H22O/c1-4-8(2)10-5-6-11(12)9(3)7-10;1-4-8(2)10-6-5-7-11(12)9(10)3;1-3-4-7-10-9(2)6-5-8-11(10)12;1-3-4-5-10-6-9(2)7-11(12)8-10;1-3-4-5-10-6-7-11(12)8-9(10)2;1-3-4-5-10-8-11(12)7-6-9(10)2;1-3-4-5-10-8-9(2)6-7-11(10)12;1-3-4-5-10-7-6-9(2)8-11(10)12/h2*8-12H,4-7H2,1-3H3;6*9-12H,3-8H2,1-2H3. The van der Waals surface area contributed by atoms with Crippen LogP contribution in [0.25, 0.3) is 0 Å². The summed E-state index contributed by atoms with van der Waals surface area (Å²) in [6.07, 6.45) is 53.7. The van der Waals surface area contributed by atoms with Gasteiger partial charge in [-0.25, -0.2) is 0 Å². The summed E-state index contributed by atoms with van der Waals surface area (Å²) in [5.41, 5.74) is 0. The average Bonchev–Trinajstić information content (AvgIpc) is 1.16. The third kappa shape index (κ3) is 40.7. The molecule has 0 bridgehead atoms. The van der Waals surface area contributed by atoms with Gasteiger partial charge in [0.25, 0.3) is 0 Å². The molecule has 0 heterocycles. The summed E-state index contributed by atoms with van der Waals surface area (Å²) in [4.78, 5) is 0. The van der Waals surface area contributed by atoms with Crippen molar-refractivity contribution in [2.24, 2.45) is 107 Å². The highest BCUT2D eigenvalue weighted by atomic mass is 16.3. The van der Waals surface area contributed by atoms with Crippen molar-refractivity contribution in [1.82, 2.24) is 0 Å². The Balaban J connectivity index is 0.000000549. The van der Waals surface area contributed by atoms with E-state index in [0.717, 1.165) is 148 Å². The molecule has 8 aliphatic rings. The van der Waals surface area contributed by atoms with Crippen molar-refractivity contribution in [3.63, 3.8) is 0 Å². The van der Waals surface area contributed by atoms with E-state index >= 15 is 0 Å². The number of aliphatic hydroxyl groups is 8. The highest BCUT2D eigenvalue weighted by Gasteiger charge is 2.34. The van der Waals surface area contributed by atoms with E-state index in [9.17, 15) is 40.9 Å². The Hall–Kier alpha value is -0.320. The molecule has 8 aliphatic carbocycles. The molecular formula is C88H176O8. The van der Waals surface area contributed by atoms with E-state index in [1.807, 2.05) is 0 Å². The summed E-state index contributed by atoms with van der Waals surface area (Å²) in [5.74, 6) is 13.3. The minimum absolute atomic E-state index is 0.000278. The Kier molecular flexibility index (Phi) is 54.8. The lowest BCUT2D eigenvalue weighted by molar-refractivity contribution is 0.0225. The highest BCUT2D eigenvalue weighted by Crippen LogP contribution is 2.40. The Morgan fingerprint density at radius 1 is 0.292 bits per heavy atom. The lowest BCUT2D eigenvalue weighted by Crippen LogP contribution is -2.33. The molecular weight excluding hydrogens is 1180 g/mol. The summed E-state index contributed by atoms with van der Waals surface area (Å²) in [5, 5.41) is 77.0. The normalized spacial score (nSPS) is 37.4. The van der Waals surface area contributed by atoms with Gasteiger partial charge >= 0.3 is 0 Å². The molecule has 96 heavy (non-hydrogen) atoms. The van der Waals surface area contributed by atoms with Crippen LogP contribution in [0.1, 0.15) is 407 Å². The second-order valence-corrected chi connectivity index (χ2v) is 35.1. The summed E-state index contributed by atoms with van der Waals surface area (Å²) in [7, 11) is 0. The zero-order valence-electron chi connectivity index (χ0n) is 67.7. The second-order valence-electron chi connectivity index (χ2n) is 35.1. The van der Waals surface area contributed by atoms with Crippen LogP contribution in [0.5, 0.6) is 0 Å². The summed E-state index contributed by atoms with van der Waals surface area (Å²) in [6, 6.07) is 0. The van der Waals surface area contributed by atoms with E-state index in [-0.39, 0.29) is 48.8 Å². The number of hydrogen-bond donors (Lipinski definition) is 8. The second kappa shape index (κ2) is 56.1. The van der Waals surface area contributed by atoms with E-state index in [4.69, 9.17) is 0 Å². The molecule has 0 aromatic heterocycles. The van der Waals surface area contributed by atoms with E-state index in [1.165, 1.54) is 212 Å². The molecule has 576 valence electrons. The molecule has 0 saturated heterocycles. The van der Waals surface area contributed by atoms with Gasteiger partial charge in [-0.1, -0.05) is 259 Å². The van der Waals surface area contributed by atoms with Gasteiger partial charge in [0.2, 0.25) is 0 Å². The fourth-order valence-corrected chi connectivity index (χ4v) is 18.6. The van der Waals surface area contributed by atoms with Crippen LogP contribution in [0.15, 0.2) is 0 Å². The average molecular weight is 1360 g/mol. The Bertz CT molecular complexity index is 1640. The van der Waals surface area contributed by atoms with Crippen LogP contribution in [0.4, 0.5) is 0 Å². The largest absolute Gasteiger partial charge is 0.393 e. The SMILES string of the molecule is CCC(C)C1CCC(O)C(C)C1.CCC(C)C1CCCC(O)C1C.CCCCC1C(C)CCCC1O.CCCCC1CC(C)CC(O)C1.CCCCC1CC(C)CCC1O.CCCCC1CC(O)CCC1C.CCCCC1CCC(C)CC1O.CCCCC1CCC(O)CC1C. The van der Waals surface area contributed by atoms with E-state index in [1.54, 1.807) is 0 Å². The van der Waals surface area contributed by atoms with Gasteiger partial charge in [-0.2, -0.15) is 0 Å².